The van der Waals surface area contributed by atoms with Crippen LogP contribution in [-0.4, -0.2) is 6.54 Å². The summed E-state index contributed by atoms with van der Waals surface area (Å²) in [6.07, 6.45) is -4.54. The Balaban J connectivity index is 2.99. The molecule has 0 aromatic heterocycles. The molecule has 1 aromatic carbocycles. The average Bonchev–Trinajstić information content (AvgIpc) is 2.14. The summed E-state index contributed by atoms with van der Waals surface area (Å²) in [5.41, 5.74) is -1.05. The van der Waals surface area contributed by atoms with Crippen LogP contribution in [0.3, 0.4) is 0 Å². The minimum Gasteiger partial charge on any atom is -0.384 e. The van der Waals surface area contributed by atoms with Crippen molar-refractivity contribution in [3.63, 3.8) is 0 Å². The van der Waals surface area contributed by atoms with E-state index in [9.17, 15) is 17.6 Å². The summed E-state index contributed by atoms with van der Waals surface area (Å²) < 4.78 is 50.4. The fraction of sp³-hybridized carbons (Fsp3) is 0.455. The van der Waals surface area contributed by atoms with Crippen LogP contribution in [0.25, 0.3) is 0 Å². The van der Waals surface area contributed by atoms with Crippen LogP contribution < -0.4 is 5.32 Å². The minimum absolute atomic E-state index is 0.0809. The molecule has 1 aromatic rings. The van der Waals surface area contributed by atoms with Crippen molar-refractivity contribution < 1.29 is 17.6 Å². The number of nitrogens with one attached hydrogen (secondary N) is 1. The third-order valence-electron chi connectivity index (χ3n) is 1.99. The number of halogens is 4. The predicted molar refractivity (Wildman–Crippen MR) is 54.7 cm³/mol. The number of hydrogen-bond acceptors (Lipinski definition) is 1. The molecule has 0 radical (unpaired) electrons. The number of anilines is 1. The van der Waals surface area contributed by atoms with E-state index in [2.05, 4.69) is 5.32 Å². The number of rotatable bonds is 3. The SMILES string of the molecule is CC(C)CNc1ccc(F)cc1C(F)(F)F. The Labute approximate surface area is 91.5 Å². The van der Waals surface area contributed by atoms with Crippen LogP contribution in [0.5, 0.6) is 0 Å². The zero-order valence-corrected chi connectivity index (χ0v) is 9.03. The Morgan fingerprint density at radius 3 is 2.38 bits per heavy atom. The molecule has 0 unspecified atom stereocenters. The summed E-state index contributed by atoms with van der Waals surface area (Å²) in [5, 5.41) is 2.66. The molecular formula is C11H13F4N. The molecule has 1 rings (SSSR count). The van der Waals surface area contributed by atoms with Gasteiger partial charge in [0.25, 0.3) is 0 Å². The Bertz CT molecular complexity index is 357. The van der Waals surface area contributed by atoms with Crippen molar-refractivity contribution >= 4 is 5.69 Å². The van der Waals surface area contributed by atoms with Gasteiger partial charge >= 0.3 is 6.18 Å². The molecule has 16 heavy (non-hydrogen) atoms. The van der Waals surface area contributed by atoms with Gasteiger partial charge in [0, 0.05) is 12.2 Å². The van der Waals surface area contributed by atoms with Gasteiger partial charge in [-0.3, -0.25) is 0 Å². The van der Waals surface area contributed by atoms with E-state index in [0.29, 0.717) is 12.6 Å². The first-order chi connectivity index (χ1) is 7.30. The second-order valence-corrected chi connectivity index (χ2v) is 3.96. The van der Waals surface area contributed by atoms with Crippen LogP contribution in [0, 0.1) is 11.7 Å². The van der Waals surface area contributed by atoms with Crippen molar-refractivity contribution in [1.29, 1.82) is 0 Å². The summed E-state index contributed by atoms with van der Waals surface area (Å²) in [7, 11) is 0. The Morgan fingerprint density at radius 1 is 1.25 bits per heavy atom. The van der Waals surface area contributed by atoms with E-state index in [4.69, 9.17) is 0 Å². The molecule has 0 saturated heterocycles. The highest BCUT2D eigenvalue weighted by atomic mass is 19.4. The highest BCUT2D eigenvalue weighted by molar-refractivity contribution is 5.52. The van der Waals surface area contributed by atoms with Gasteiger partial charge in [-0.05, 0) is 24.1 Å². The average molecular weight is 235 g/mol. The van der Waals surface area contributed by atoms with Gasteiger partial charge in [-0.1, -0.05) is 13.8 Å². The summed E-state index contributed by atoms with van der Waals surface area (Å²) >= 11 is 0. The van der Waals surface area contributed by atoms with Crippen molar-refractivity contribution in [2.45, 2.75) is 20.0 Å². The molecule has 0 spiro atoms. The Kier molecular flexibility index (Phi) is 3.78. The number of alkyl halides is 3. The van der Waals surface area contributed by atoms with Crippen molar-refractivity contribution in [3.8, 4) is 0 Å². The molecule has 0 atom stereocenters. The van der Waals surface area contributed by atoms with E-state index < -0.39 is 17.6 Å². The third kappa shape index (κ3) is 3.40. The van der Waals surface area contributed by atoms with Crippen molar-refractivity contribution in [3.05, 3.63) is 29.6 Å². The monoisotopic (exact) mass is 235 g/mol. The van der Waals surface area contributed by atoms with Crippen molar-refractivity contribution in [1.82, 2.24) is 0 Å². The molecule has 0 amide bonds. The molecule has 0 bridgehead atoms. The third-order valence-corrected chi connectivity index (χ3v) is 1.99. The molecule has 5 heteroatoms. The van der Waals surface area contributed by atoms with E-state index in [-0.39, 0.29) is 11.6 Å². The highest BCUT2D eigenvalue weighted by Crippen LogP contribution is 2.35. The summed E-state index contributed by atoms with van der Waals surface area (Å²) in [4.78, 5) is 0. The predicted octanol–water partition coefficient (Wildman–Crippen LogP) is 3.91. The topological polar surface area (TPSA) is 12.0 Å². The van der Waals surface area contributed by atoms with E-state index in [1.54, 1.807) is 0 Å². The molecule has 1 nitrogen and oxygen atoms in total. The fourth-order valence-corrected chi connectivity index (χ4v) is 1.22. The van der Waals surface area contributed by atoms with Crippen LogP contribution in [0.15, 0.2) is 18.2 Å². The van der Waals surface area contributed by atoms with Gasteiger partial charge in [-0.25, -0.2) is 4.39 Å². The maximum Gasteiger partial charge on any atom is 0.418 e. The number of hydrogen-bond donors (Lipinski definition) is 1. The second-order valence-electron chi connectivity index (χ2n) is 3.96. The van der Waals surface area contributed by atoms with Crippen LogP contribution in [-0.2, 0) is 6.18 Å². The molecule has 0 saturated carbocycles. The lowest BCUT2D eigenvalue weighted by Gasteiger charge is -2.15. The lowest BCUT2D eigenvalue weighted by atomic mass is 10.1. The molecule has 1 N–H and O–H groups in total. The largest absolute Gasteiger partial charge is 0.418 e. The standard InChI is InChI=1S/C11H13F4N/c1-7(2)6-16-10-4-3-8(12)5-9(10)11(13,14)15/h3-5,7,16H,6H2,1-2H3. The Hall–Kier alpha value is -1.26. The van der Waals surface area contributed by atoms with Gasteiger partial charge in [-0.15, -0.1) is 0 Å². The summed E-state index contributed by atoms with van der Waals surface area (Å²) in [6.45, 7) is 4.17. The zero-order valence-electron chi connectivity index (χ0n) is 9.03. The lowest BCUT2D eigenvalue weighted by Crippen LogP contribution is -2.14. The van der Waals surface area contributed by atoms with Crippen LogP contribution in [0.1, 0.15) is 19.4 Å². The van der Waals surface area contributed by atoms with E-state index in [1.165, 1.54) is 0 Å². The molecule has 0 aliphatic carbocycles. The summed E-state index contributed by atoms with van der Waals surface area (Å²) in [5.74, 6) is -0.673. The van der Waals surface area contributed by atoms with Crippen LogP contribution >= 0.6 is 0 Å². The first-order valence-corrected chi connectivity index (χ1v) is 4.91. The molecule has 0 aliphatic rings. The smallest absolute Gasteiger partial charge is 0.384 e. The van der Waals surface area contributed by atoms with Gasteiger partial charge in [-0.2, -0.15) is 13.2 Å². The van der Waals surface area contributed by atoms with Gasteiger partial charge < -0.3 is 5.32 Å². The summed E-state index contributed by atoms with van der Waals surface area (Å²) in [6, 6.07) is 2.63. The van der Waals surface area contributed by atoms with Crippen LogP contribution in [0.4, 0.5) is 23.2 Å². The van der Waals surface area contributed by atoms with E-state index in [1.807, 2.05) is 13.8 Å². The van der Waals surface area contributed by atoms with Crippen molar-refractivity contribution in [2.24, 2.45) is 5.92 Å². The zero-order chi connectivity index (χ0) is 12.3. The Morgan fingerprint density at radius 2 is 1.88 bits per heavy atom. The van der Waals surface area contributed by atoms with Crippen LogP contribution in [0.2, 0.25) is 0 Å². The van der Waals surface area contributed by atoms with E-state index in [0.717, 1.165) is 12.1 Å². The maximum atomic E-state index is 12.7. The lowest BCUT2D eigenvalue weighted by molar-refractivity contribution is -0.137. The molecule has 0 fully saturated rings. The minimum atomic E-state index is -4.54. The molecule has 0 heterocycles. The van der Waals surface area contributed by atoms with Gasteiger partial charge in [0.15, 0.2) is 0 Å². The number of benzene rings is 1. The molecule has 0 aliphatic heterocycles. The second kappa shape index (κ2) is 4.72. The van der Waals surface area contributed by atoms with Crippen molar-refractivity contribution in [2.75, 3.05) is 11.9 Å². The molecular weight excluding hydrogens is 222 g/mol. The maximum absolute atomic E-state index is 12.7. The normalized spacial score (nSPS) is 11.9. The molecule has 90 valence electrons. The van der Waals surface area contributed by atoms with Gasteiger partial charge in [0.2, 0.25) is 0 Å². The fourth-order valence-electron chi connectivity index (χ4n) is 1.22. The quantitative estimate of drug-likeness (QED) is 0.783. The highest BCUT2D eigenvalue weighted by Gasteiger charge is 2.33. The van der Waals surface area contributed by atoms with Gasteiger partial charge in [0.1, 0.15) is 5.82 Å². The van der Waals surface area contributed by atoms with E-state index >= 15 is 0 Å². The first-order valence-electron chi connectivity index (χ1n) is 4.91. The van der Waals surface area contributed by atoms with Gasteiger partial charge in [0.05, 0.1) is 5.56 Å². The first kappa shape index (κ1) is 12.8.